The van der Waals surface area contributed by atoms with Gasteiger partial charge in [0.25, 0.3) is 5.91 Å². The fourth-order valence-electron chi connectivity index (χ4n) is 2.42. The maximum absolute atomic E-state index is 12.3. The van der Waals surface area contributed by atoms with Crippen molar-refractivity contribution in [2.24, 2.45) is 0 Å². The van der Waals surface area contributed by atoms with Crippen molar-refractivity contribution >= 4 is 29.3 Å². The third-order valence-corrected chi connectivity index (χ3v) is 4.87. The molecule has 1 heterocycles. The summed E-state index contributed by atoms with van der Waals surface area (Å²) in [5, 5.41) is 15.6. The van der Waals surface area contributed by atoms with Gasteiger partial charge in [0.2, 0.25) is 5.91 Å². The number of hydrogen-bond acceptors (Lipinski definition) is 4. The standard InChI is InChI=1S/C18H18N2O3S/c1-11-2-4-12(5-3-11)15(21)9-19-18(23)13-6-7-16-14(8-13)20-17(22)10-24-16/h2-8,15,21H,9-10H2,1H3,(H,19,23)(H,20,22)/t15-/m1/s1. The Hall–Kier alpha value is -2.31. The molecule has 5 nitrogen and oxygen atoms in total. The van der Waals surface area contributed by atoms with Gasteiger partial charge in [0.15, 0.2) is 0 Å². The van der Waals surface area contributed by atoms with Crippen LogP contribution >= 0.6 is 11.8 Å². The molecule has 2 aromatic carbocycles. The number of amides is 2. The van der Waals surface area contributed by atoms with Crippen molar-refractivity contribution < 1.29 is 14.7 Å². The summed E-state index contributed by atoms with van der Waals surface area (Å²) in [7, 11) is 0. The molecule has 6 heteroatoms. The van der Waals surface area contributed by atoms with Gasteiger partial charge in [0, 0.05) is 17.0 Å². The van der Waals surface area contributed by atoms with E-state index in [9.17, 15) is 14.7 Å². The van der Waals surface area contributed by atoms with Crippen LogP contribution in [0.2, 0.25) is 0 Å². The highest BCUT2D eigenvalue weighted by Crippen LogP contribution is 2.31. The zero-order chi connectivity index (χ0) is 17.1. The van der Waals surface area contributed by atoms with Crippen LogP contribution in [0.15, 0.2) is 47.4 Å². The summed E-state index contributed by atoms with van der Waals surface area (Å²) in [6, 6.07) is 12.7. The summed E-state index contributed by atoms with van der Waals surface area (Å²) in [6.07, 6.45) is -0.762. The van der Waals surface area contributed by atoms with Crippen molar-refractivity contribution in [3.05, 3.63) is 59.2 Å². The Bertz CT molecular complexity index is 774. The largest absolute Gasteiger partial charge is 0.387 e. The lowest BCUT2D eigenvalue weighted by Crippen LogP contribution is -2.28. The first kappa shape index (κ1) is 16.5. The van der Waals surface area contributed by atoms with E-state index in [0.29, 0.717) is 17.0 Å². The molecular formula is C18H18N2O3S. The van der Waals surface area contributed by atoms with E-state index in [1.54, 1.807) is 12.1 Å². The lowest BCUT2D eigenvalue weighted by atomic mass is 10.1. The van der Waals surface area contributed by atoms with Crippen LogP contribution in [0.3, 0.4) is 0 Å². The van der Waals surface area contributed by atoms with E-state index in [1.165, 1.54) is 11.8 Å². The Morgan fingerprint density at radius 1 is 1.29 bits per heavy atom. The van der Waals surface area contributed by atoms with E-state index in [0.717, 1.165) is 16.0 Å². The first-order chi connectivity index (χ1) is 11.5. The molecule has 0 aromatic heterocycles. The predicted molar refractivity (Wildman–Crippen MR) is 94.3 cm³/mol. The van der Waals surface area contributed by atoms with Crippen LogP contribution in [0.4, 0.5) is 5.69 Å². The first-order valence-corrected chi connectivity index (χ1v) is 8.61. The molecule has 0 fully saturated rings. The smallest absolute Gasteiger partial charge is 0.251 e. The van der Waals surface area contributed by atoms with Gasteiger partial charge in [-0.05, 0) is 30.7 Å². The van der Waals surface area contributed by atoms with Gasteiger partial charge in [-0.2, -0.15) is 0 Å². The molecule has 1 atom stereocenters. The number of hydrogen-bond donors (Lipinski definition) is 3. The van der Waals surface area contributed by atoms with Gasteiger partial charge in [-0.25, -0.2) is 0 Å². The average molecular weight is 342 g/mol. The van der Waals surface area contributed by atoms with E-state index in [4.69, 9.17) is 0 Å². The summed E-state index contributed by atoms with van der Waals surface area (Å²) in [5.41, 5.74) is 2.98. The van der Waals surface area contributed by atoms with Crippen molar-refractivity contribution in [2.45, 2.75) is 17.9 Å². The van der Waals surface area contributed by atoms with Crippen LogP contribution in [-0.2, 0) is 4.79 Å². The molecular weight excluding hydrogens is 324 g/mol. The minimum Gasteiger partial charge on any atom is -0.387 e. The van der Waals surface area contributed by atoms with Crippen LogP contribution < -0.4 is 10.6 Å². The summed E-state index contributed by atoms with van der Waals surface area (Å²) in [6.45, 7) is 2.10. The Labute approximate surface area is 144 Å². The number of aliphatic hydroxyl groups is 1. The van der Waals surface area contributed by atoms with Gasteiger partial charge < -0.3 is 15.7 Å². The number of nitrogens with one attached hydrogen (secondary N) is 2. The third-order valence-electron chi connectivity index (χ3n) is 3.79. The minimum absolute atomic E-state index is 0.0696. The Balaban J connectivity index is 1.64. The number of rotatable bonds is 4. The maximum atomic E-state index is 12.3. The number of carbonyl (C=O) groups excluding carboxylic acids is 2. The molecule has 2 amide bonds. The fraction of sp³-hybridized carbons (Fsp3) is 0.222. The number of carbonyl (C=O) groups is 2. The van der Waals surface area contributed by atoms with Crippen molar-refractivity contribution in [1.82, 2.24) is 5.32 Å². The first-order valence-electron chi connectivity index (χ1n) is 7.62. The van der Waals surface area contributed by atoms with Crippen LogP contribution in [0, 0.1) is 6.92 Å². The topological polar surface area (TPSA) is 78.4 Å². The Kier molecular flexibility index (Phi) is 4.87. The lowest BCUT2D eigenvalue weighted by Gasteiger charge is -2.17. The van der Waals surface area contributed by atoms with Crippen LogP contribution in [0.1, 0.15) is 27.6 Å². The molecule has 3 rings (SSSR count). The normalized spacial score (nSPS) is 14.5. The highest BCUT2D eigenvalue weighted by atomic mass is 32.2. The highest BCUT2D eigenvalue weighted by molar-refractivity contribution is 8.00. The molecule has 1 aliphatic rings. The van der Waals surface area contributed by atoms with E-state index in [1.807, 2.05) is 37.3 Å². The SMILES string of the molecule is Cc1ccc([C@H](O)CNC(=O)c2ccc3c(c2)NC(=O)CS3)cc1. The minimum atomic E-state index is -0.762. The third kappa shape index (κ3) is 3.77. The molecule has 3 N–H and O–H groups in total. The van der Waals surface area contributed by atoms with Gasteiger partial charge in [0.1, 0.15) is 0 Å². The van der Waals surface area contributed by atoms with Gasteiger partial charge >= 0.3 is 0 Å². The lowest BCUT2D eigenvalue weighted by molar-refractivity contribution is -0.113. The molecule has 124 valence electrons. The fourth-order valence-corrected chi connectivity index (χ4v) is 3.21. The second kappa shape index (κ2) is 7.07. The summed E-state index contributed by atoms with van der Waals surface area (Å²) >= 11 is 1.45. The predicted octanol–water partition coefficient (Wildman–Crippen LogP) is 2.50. The molecule has 0 bridgehead atoms. The highest BCUT2D eigenvalue weighted by Gasteiger charge is 2.17. The van der Waals surface area contributed by atoms with Gasteiger partial charge in [-0.3, -0.25) is 9.59 Å². The maximum Gasteiger partial charge on any atom is 0.251 e. The van der Waals surface area contributed by atoms with Crippen molar-refractivity contribution in [2.75, 3.05) is 17.6 Å². The number of aliphatic hydroxyl groups excluding tert-OH is 1. The van der Waals surface area contributed by atoms with Crippen molar-refractivity contribution in [1.29, 1.82) is 0 Å². The summed E-state index contributed by atoms with van der Waals surface area (Å²) in [5.74, 6) is 0.0370. The van der Waals surface area contributed by atoms with E-state index in [-0.39, 0.29) is 18.4 Å². The number of aryl methyl sites for hydroxylation is 1. The van der Waals surface area contributed by atoms with E-state index in [2.05, 4.69) is 10.6 Å². The second-order valence-corrected chi connectivity index (χ2v) is 6.70. The zero-order valence-corrected chi connectivity index (χ0v) is 14.0. The molecule has 0 aliphatic carbocycles. The molecule has 0 radical (unpaired) electrons. The Morgan fingerprint density at radius 2 is 2.04 bits per heavy atom. The molecule has 0 saturated carbocycles. The zero-order valence-electron chi connectivity index (χ0n) is 13.2. The van der Waals surface area contributed by atoms with E-state index >= 15 is 0 Å². The van der Waals surface area contributed by atoms with Gasteiger partial charge in [-0.1, -0.05) is 29.8 Å². The van der Waals surface area contributed by atoms with Crippen LogP contribution in [0.25, 0.3) is 0 Å². The number of benzene rings is 2. The molecule has 2 aromatic rings. The summed E-state index contributed by atoms with van der Waals surface area (Å²) in [4.78, 5) is 24.6. The van der Waals surface area contributed by atoms with Crippen molar-refractivity contribution in [3.8, 4) is 0 Å². The molecule has 0 unspecified atom stereocenters. The van der Waals surface area contributed by atoms with E-state index < -0.39 is 6.10 Å². The molecule has 24 heavy (non-hydrogen) atoms. The molecule has 0 spiro atoms. The second-order valence-electron chi connectivity index (χ2n) is 5.68. The quantitative estimate of drug-likeness (QED) is 0.798. The van der Waals surface area contributed by atoms with Crippen LogP contribution in [-0.4, -0.2) is 29.2 Å². The Morgan fingerprint density at radius 3 is 2.79 bits per heavy atom. The van der Waals surface area contributed by atoms with Gasteiger partial charge in [-0.15, -0.1) is 11.8 Å². The summed E-state index contributed by atoms with van der Waals surface area (Å²) < 4.78 is 0. The number of anilines is 1. The van der Waals surface area contributed by atoms with Gasteiger partial charge in [0.05, 0.1) is 17.5 Å². The monoisotopic (exact) mass is 342 g/mol. The average Bonchev–Trinajstić information content (AvgIpc) is 2.59. The van der Waals surface area contributed by atoms with Crippen LogP contribution in [0.5, 0.6) is 0 Å². The number of fused-ring (bicyclic) bond motifs is 1. The number of thioether (sulfide) groups is 1. The molecule has 0 saturated heterocycles. The molecule has 1 aliphatic heterocycles. The van der Waals surface area contributed by atoms with Crippen molar-refractivity contribution in [3.63, 3.8) is 0 Å².